The molecule has 8 unspecified atom stereocenters. The number of amides is 8. The Hall–Kier alpha value is -7.24. The van der Waals surface area contributed by atoms with Crippen LogP contribution in [0.25, 0.3) is 10.9 Å². The molecule has 0 aliphatic rings. The summed E-state index contributed by atoms with van der Waals surface area (Å²) in [5, 5.41) is 29.6. The Kier molecular flexibility index (Phi) is 33.0. The van der Waals surface area contributed by atoms with Gasteiger partial charge in [-0.2, -0.15) is 11.8 Å². The number of para-hydroxylation sites is 1. The molecule has 448 valence electrons. The maximum absolute atomic E-state index is 14.6. The van der Waals surface area contributed by atoms with Crippen molar-refractivity contribution in [3.05, 3.63) is 36.0 Å². The molecule has 1 heterocycles. The lowest BCUT2D eigenvalue weighted by Gasteiger charge is -2.28. The minimum Gasteiger partial charge on any atom is -0.480 e. The second-order valence-electron chi connectivity index (χ2n) is 19.4. The minimum absolute atomic E-state index is 0.00450. The highest BCUT2D eigenvalue weighted by atomic mass is 32.2. The van der Waals surface area contributed by atoms with Crippen molar-refractivity contribution < 1.29 is 48.3 Å². The number of carboxylic acids is 1. The topological polar surface area (TPSA) is 507 Å². The fraction of sp³-hybridized carbons (Fsp3) is 0.627. The van der Waals surface area contributed by atoms with Gasteiger partial charge in [-0.3, -0.25) is 48.3 Å². The lowest BCUT2D eigenvalue weighted by molar-refractivity contribution is -0.142. The number of aliphatic imine (C=N–C) groups is 2. The van der Waals surface area contributed by atoms with Crippen LogP contribution in [0.15, 0.2) is 40.4 Å². The number of carbonyl (C=O) groups excluding carboxylic acids is 8. The molecule has 0 radical (unpaired) electrons. The van der Waals surface area contributed by atoms with E-state index in [0.29, 0.717) is 62.9 Å². The highest BCUT2D eigenvalue weighted by Gasteiger charge is 2.35. The number of nitrogens with one attached hydrogen (secondary N) is 8. The van der Waals surface area contributed by atoms with E-state index in [1.807, 2.05) is 24.3 Å². The molecule has 8 atom stereocenters. The molecule has 0 aliphatic carbocycles. The second kappa shape index (κ2) is 38.4. The van der Waals surface area contributed by atoms with Gasteiger partial charge in [-0.1, -0.05) is 25.1 Å². The van der Waals surface area contributed by atoms with Gasteiger partial charge in [0.15, 0.2) is 11.9 Å². The van der Waals surface area contributed by atoms with Crippen LogP contribution in [0.2, 0.25) is 0 Å². The van der Waals surface area contributed by atoms with Crippen molar-refractivity contribution in [2.75, 3.05) is 44.7 Å². The van der Waals surface area contributed by atoms with Crippen LogP contribution in [-0.2, 0) is 49.6 Å². The molecule has 0 saturated carbocycles. The van der Waals surface area contributed by atoms with Crippen molar-refractivity contribution >= 4 is 87.8 Å². The molecule has 1 aromatic heterocycles. The van der Waals surface area contributed by atoms with E-state index >= 15 is 0 Å². The van der Waals surface area contributed by atoms with Crippen LogP contribution in [0.5, 0.6) is 0 Å². The first-order valence-electron chi connectivity index (χ1n) is 27.0. The summed E-state index contributed by atoms with van der Waals surface area (Å²) in [6.07, 6.45) is 6.38. The van der Waals surface area contributed by atoms with Gasteiger partial charge in [0.05, 0.1) is 0 Å². The van der Waals surface area contributed by atoms with E-state index in [4.69, 9.17) is 45.9 Å². The molecule has 0 fully saturated rings. The number of fused-ring (bicyclic) bond motifs is 1. The van der Waals surface area contributed by atoms with Gasteiger partial charge in [-0.25, -0.2) is 4.79 Å². The molecule has 28 nitrogen and oxygen atoms in total. The Morgan fingerprint density at radius 1 is 0.525 bits per heavy atom. The molecule has 80 heavy (non-hydrogen) atoms. The van der Waals surface area contributed by atoms with Crippen molar-refractivity contribution in [3.8, 4) is 0 Å². The summed E-state index contributed by atoms with van der Waals surface area (Å²) >= 11 is 1.38. The van der Waals surface area contributed by atoms with E-state index < -0.39 is 101 Å². The van der Waals surface area contributed by atoms with Crippen molar-refractivity contribution in [1.29, 1.82) is 0 Å². The van der Waals surface area contributed by atoms with Gasteiger partial charge in [-0.05, 0) is 133 Å². The molecular weight excluding hydrogens is 1060 g/mol. The third-order valence-electron chi connectivity index (χ3n) is 12.8. The number of hydrogen-bond acceptors (Lipinski definition) is 15. The number of primary amides is 1. The summed E-state index contributed by atoms with van der Waals surface area (Å²) in [6, 6.07) is -1.72. The van der Waals surface area contributed by atoms with Crippen molar-refractivity contribution in [2.45, 2.75) is 152 Å². The third-order valence-corrected chi connectivity index (χ3v) is 13.5. The van der Waals surface area contributed by atoms with Crippen LogP contribution < -0.4 is 83.1 Å². The number of thioether (sulfide) groups is 1. The van der Waals surface area contributed by atoms with Gasteiger partial charge in [-0.15, -0.1) is 0 Å². The van der Waals surface area contributed by atoms with E-state index in [1.54, 1.807) is 12.5 Å². The smallest absolute Gasteiger partial charge is 0.326 e. The summed E-state index contributed by atoms with van der Waals surface area (Å²) in [7, 11) is 0. The molecule has 0 bridgehead atoms. The van der Waals surface area contributed by atoms with Crippen LogP contribution in [-0.4, -0.2) is 162 Å². The molecule has 2 aromatic rings. The number of benzene rings is 1. The van der Waals surface area contributed by atoms with Gasteiger partial charge in [0.2, 0.25) is 47.3 Å². The van der Waals surface area contributed by atoms with E-state index in [1.165, 1.54) is 18.7 Å². The summed E-state index contributed by atoms with van der Waals surface area (Å²) in [4.78, 5) is 134. The van der Waals surface area contributed by atoms with E-state index in [2.05, 4.69) is 52.2 Å². The average Bonchev–Trinajstić information content (AvgIpc) is 3.82. The number of H-pyrrole nitrogens is 1. The first kappa shape index (κ1) is 68.9. The maximum atomic E-state index is 14.6. The van der Waals surface area contributed by atoms with Gasteiger partial charge in [0.25, 0.3) is 0 Å². The highest BCUT2D eigenvalue weighted by molar-refractivity contribution is 7.98. The van der Waals surface area contributed by atoms with Crippen LogP contribution in [0.3, 0.4) is 0 Å². The number of unbranched alkanes of at least 4 members (excludes halogenated alkanes) is 3. The van der Waals surface area contributed by atoms with Crippen molar-refractivity contribution in [3.63, 3.8) is 0 Å². The van der Waals surface area contributed by atoms with Gasteiger partial charge >= 0.3 is 5.97 Å². The van der Waals surface area contributed by atoms with Crippen LogP contribution in [0.4, 0.5) is 0 Å². The van der Waals surface area contributed by atoms with E-state index in [9.17, 15) is 48.3 Å². The fourth-order valence-corrected chi connectivity index (χ4v) is 8.87. The third kappa shape index (κ3) is 26.6. The summed E-state index contributed by atoms with van der Waals surface area (Å²) in [5.74, 6) is -8.25. The van der Waals surface area contributed by atoms with Gasteiger partial charge in [0.1, 0.15) is 42.3 Å². The van der Waals surface area contributed by atoms with Crippen molar-refractivity contribution in [1.82, 2.24) is 42.2 Å². The number of nitrogens with two attached hydrogens (primary N) is 8. The number of rotatable bonds is 42. The molecule has 8 amide bonds. The Labute approximate surface area is 471 Å². The zero-order valence-corrected chi connectivity index (χ0v) is 46.9. The number of aromatic nitrogens is 1. The highest BCUT2D eigenvalue weighted by Crippen LogP contribution is 2.20. The maximum Gasteiger partial charge on any atom is 0.326 e. The minimum atomic E-state index is -1.36. The number of aliphatic carboxylic acids is 1. The first-order chi connectivity index (χ1) is 38.1. The molecular formula is C51H88N18O10S. The number of carboxylic acid groups (broad SMARTS) is 1. The molecule has 25 N–H and O–H groups in total. The first-order valence-corrected chi connectivity index (χ1v) is 28.4. The lowest BCUT2D eigenvalue weighted by Crippen LogP contribution is -2.60. The number of guanidine groups is 2. The average molecular weight is 1150 g/mol. The SMILES string of the molecule is CSCCC(NC(=O)C(CCCN=C(N)N)NC(=O)C(CCCN=C(N)N)NC(=O)C(C)CC(N)=O)C(=O)NC(CCCCN)C(=O)NC(Cc1c[nH]c2ccccc12)C(=O)NC(CCCCN)C(=O)NC(CCCCN)C(=O)O. The Balaban J connectivity index is 2.57. The molecule has 1 aromatic carbocycles. The van der Waals surface area contributed by atoms with Crippen LogP contribution >= 0.6 is 11.8 Å². The van der Waals surface area contributed by atoms with Gasteiger partial charge < -0.3 is 93.2 Å². The Bertz CT molecular complexity index is 2360. The Morgan fingerprint density at radius 2 is 0.900 bits per heavy atom. The zero-order valence-electron chi connectivity index (χ0n) is 46.1. The number of nitrogens with zero attached hydrogens (tertiary/aromatic N) is 2. The number of aromatic amines is 1. The quantitative estimate of drug-likeness (QED) is 0.0178. The summed E-state index contributed by atoms with van der Waals surface area (Å²) < 4.78 is 0. The van der Waals surface area contributed by atoms with E-state index in [-0.39, 0.29) is 95.8 Å². The predicted octanol–water partition coefficient (Wildman–Crippen LogP) is -3.05. The second-order valence-corrected chi connectivity index (χ2v) is 20.4. The predicted molar refractivity (Wildman–Crippen MR) is 308 cm³/mol. The van der Waals surface area contributed by atoms with E-state index in [0.717, 1.165) is 10.9 Å². The summed E-state index contributed by atoms with van der Waals surface area (Å²) in [5.41, 5.74) is 45.9. The van der Waals surface area contributed by atoms with Crippen LogP contribution in [0, 0.1) is 5.92 Å². The molecule has 2 rings (SSSR count). The summed E-state index contributed by atoms with van der Waals surface area (Å²) in [6.45, 7) is 2.50. The number of hydrogen-bond donors (Lipinski definition) is 17. The van der Waals surface area contributed by atoms with Crippen molar-refractivity contribution in [2.24, 2.45) is 61.8 Å². The molecule has 0 saturated heterocycles. The standard InChI is InChI=1S/C51H88N18O10S/c1-30(27-41(55)70)42(71)63-36(18-11-24-60-50(56)57)43(72)65-37(19-12-25-61-51(58)59)44(73)67-38(20-26-80-2)47(76)64-35(16-6-9-22-53)46(75)69-40(28-31-29-62-33-14-4-3-13-32(31)33)48(77)66-34(15-5-8-21-52)45(74)68-39(49(78)79)17-7-10-23-54/h3-4,13-14,29-30,34-40,62H,5-12,15-28,52-54H2,1-2H3,(H2,55,70)(H,63,71)(H,64,76)(H,65,72)(H,66,77)(H,67,73)(H,68,74)(H,69,75)(H,78,79)(H4,56,57,60)(H4,58,59,61). The normalized spacial score (nSPS) is 14.1. The number of carbonyl (C=O) groups is 9. The zero-order chi connectivity index (χ0) is 59.6. The monoisotopic (exact) mass is 1140 g/mol. The fourth-order valence-electron chi connectivity index (χ4n) is 8.39. The molecule has 29 heteroatoms. The molecule has 0 aliphatic heterocycles. The largest absolute Gasteiger partial charge is 0.480 e. The molecule has 0 spiro atoms. The lowest BCUT2D eigenvalue weighted by atomic mass is 10.0. The Morgan fingerprint density at radius 3 is 1.31 bits per heavy atom. The van der Waals surface area contributed by atoms with Gasteiger partial charge in [0, 0.05) is 48.9 Å². The van der Waals surface area contributed by atoms with Crippen LogP contribution in [0.1, 0.15) is 109 Å².